The maximum absolute atomic E-state index is 13.0. The molecule has 0 aliphatic carbocycles. The van der Waals surface area contributed by atoms with Crippen molar-refractivity contribution in [2.45, 2.75) is 19.4 Å². The molecule has 0 spiro atoms. The van der Waals surface area contributed by atoms with E-state index in [1.54, 1.807) is 11.3 Å². The van der Waals surface area contributed by atoms with Crippen molar-refractivity contribution >= 4 is 11.6 Å². The van der Waals surface area contributed by atoms with Crippen LogP contribution in [-0.2, 0) is 0 Å². The van der Waals surface area contributed by atoms with E-state index in [0.717, 1.165) is 16.8 Å². The van der Waals surface area contributed by atoms with E-state index in [0.29, 0.717) is 17.7 Å². The van der Waals surface area contributed by atoms with Crippen molar-refractivity contribution in [3.05, 3.63) is 95.4 Å². The van der Waals surface area contributed by atoms with Gasteiger partial charge in [-0.25, -0.2) is 5.01 Å². The number of hydrogen-bond donors (Lipinski definition) is 0. The number of carbonyl (C=O) groups excluding carboxylic acids is 1. The van der Waals surface area contributed by atoms with Gasteiger partial charge < -0.3 is 4.42 Å². The highest BCUT2D eigenvalue weighted by atomic mass is 16.3. The predicted octanol–water partition coefficient (Wildman–Crippen LogP) is 4.58. The lowest BCUT2D eigenvalue weighted by atomic mass is 10.0. The lowest BCUT2D eigenvalue weighted by Gasteiger charge is -2.22. The molecule has 0 radical (unpaired) electrons. The minimum Gasteiger partial charge on any atom is -0.463 e. The topological polar surface area (TPSA) is 45.8 Å². The maximum atomic E-state index is 13.0. The molecule has 4 nitrogen and oxygen atoms in total. The van der Waals surface area contributed by atoms with E-state index >= 15 is 0 Å². The first-order valence-corrected chi connectivity index (χ1v) is 8.29. The Balaban J connectivity index is 1.71. The number of rotatable bonds is 3. The average molecular weight is 330 g/mol. The van der Waals surface area contributed by atoms with Gasteiger partial charge >= 0.3 is 0 Å². The second-order valence-corrected chi connectivity index (χ2v) is 6.17. The summed E-state index contributed by atoms with van der Waals surface area (Å²) in [5, 5.41) is 6.17. The first kappa shape index (κ1) is 15.4. The molecule has 4 heteroatoms. The van der Waals surface area contributed by atoms with Crippen LogP contribution in [0.5, 0.6) is 0 Å². The van der Waals surface area contributed by atoms with Crippen LogP contribution >= 0.6 is 0 Å². The van der Waals surface area contributed by atoms with Crippen LogP contribution in [0.15, 0.2) is 82.5 Å². The third-order valence-electron chi connectivity index (χ3n) is 4.41. The molecular formula is C21H18N2O2. The molecule has 0 saturated heterocycles. The first-order valence-electron chi connectivity index (χ1n) is 8.29. The first-order chi connectivity index (χ1) is 12.2. The van der Waals surface area contributed by atoms with Crippen LogP contribution < -0.4 is 0 Å². The summed E-state index contributed by atoms with van der Waals surface area (Å²) in [6, 6.07) is 21.1. The quantitative estimate of drug-likeness (QED) is 0.705. The lowest BCUT2D eigenvalue weighted by molar-refractivity contribution is 0.0711. The highest BCUT2D eigenvalue weighted by molar-refractivity contribution is 6.03. The Bertz CT molecular complexity index is 897. The zero-order valence-corrected chi connectivity index (χ0v) is 13.9. The van der Waals surface area contributed by atoms with E-state index in [1.807, 2.05) is 73.7 Å². The average Bonchev–Trinajstić information content (AvgIpc) is 3.32. The highest BCUT2D eigenvalue weighted by Crippen LogP contribution is 2.33. The molecule has 4 rings (SSSR count). The highest BCUT2D eigenvalue weighted by Gasteiger charge is 2.34. The molecule has 1 atom stereocenters. The molecule has 2 aromatic carbocycles. The minimum atomic E-state index is -0.130. The van der Waals surface area contributed by atoms with Crippen molar-refractivity contribution < 1.29 is 9.21 Å². The normalized spacial score (nSPS) is 16.8. The predicted molar refractivity (Wildman–Crippen MR) is 96.4 cm³/mol. The standard InChI is InChI=1S/C21H18N2O2/c1-15-9-11-17(12-10-15)21(24)23-19(16-6-3-2-4-7-16)14-18(22-23)20-8-5-13-25-20/h2-13,19H,14H2,1H3/t19-/m1/s1. The third-order valence-corrected chi connectivity index (χ3v) is 4.41. The van der Waals surface area contributed by atoms with E-state index in [9.17, 15) is 4.79 Å². The smallest absolute Gasteiger partial charge is 0.274 e. The molecule has 0 N–H and O–H groups in total. The van der Waals surface area contributed by atoms with Crippen molar-refractivity contribution in [3.63, 3.8) is 0 Å². The van der Waals surface area contributed by atoms with Gasteiger partial charge in [-0.2, -0.15) is 5.10 Å². The third kappa shape index (κ3) is 2.98. The van der Waals surface area contributed by atoms with E-state index in [-0.39, 0.29) is 11.9 Å². The van der Waals surface area contributed by atoms with Crippen molar-refractivity contribution in [1.29, 1.82) is 0 Å². The van der Waals surface area contributed by atoms with Crippen molar-refractivity contribution in [1.82, 2.24) is 5.01 Å². The molecule has 2 heterocycles. The van der Waals surface area contributed by atoms with Crippen molar-refractivity contribution in [3.8, 4) is 0 Å². The van der Waals surface area contributed by atoms with Gasteiger partial charge in [0.15, 0.2) is 0 Å². The van der Waals surface area contributed by atoms with Gasteiger partial charge in [-0.1, -0.05) is 48.0 Å². The second-order valence-electron chi connectivity index (χ2n) is 6.17. The summed E-state index contributed by atoms with van der Waals surface area (Å²) in [6.45, 7) is 2.00. The largest absolute Gasteiger partial charge is 0.463 e. The molecule has 3 aromatic rings. The molecule has 0 bridgehead atoms. The molecule has 0 unspecified atom stereocenters. The SMILES string of the molecule is Cc1ccc(C(=O)N2N=C(c3ccco3)C[C@@H]2c2ccccc2)cc1. The van der Waals surface area contributed by atoms with E-state index in [2.05, 4.69) is 5.10 Å². The van der Waals surface area contributed by atoms with E-state index in [1.165, 1.54) is 0 Å². The van der Waals surface area contributed by atoms with Crippen LogP contribution in [0.25, 0.3) is 0 Å². The van der Waals surface area contributed by atoms with Crippen LogP contribution in [0.4, 0.5) is 0 Å². The van der Waals surface area contributed by atoms with E-state index in [4.69, 9.17) is 4.42 Å². The molecule has 1 aliphatic heterocycles. The number of aryl methyl sites for hydroxylation is 1. The van der Waals surface area contributed by atoms with Crippen LogP contribution in [0.3, 0.4) is 0 Å². The molecule has 1 aliphatic rings. The molecule has 1 aromatic heterocycles. The zero-order valence-electron chi connectivity index (χ0n) is 13.9. The second kappa shape index (κ2) is 6.40. The molecular weight excluding hydrogens is 312 g/mol. The Kier molecular flexibility index (Phi) is 3.94. The summed E-state index contributed by atoms with van der Waals surface area (Å²) >= 11 is 0. The summed E-state index contributed by atoms with van der Waals surface area (Å²) < 4.78 is 5.48. The number of furan rings is 1. The molecule has 124 valence electrons. The summed E-state index contributed by atoms with van der Waals surface area (Å²) in [5.74, 6) is 0.607. The van der Waals surface area contributed by atoms with Gasteiger partial charge in [0, 0.05) is 12.0 Å². The fraction of sp³-hybridized carbons (Fsp3) is 0.143. The Morgan fingerprint density at radius 1 is 1.04 bits per heavy atom. The van der Waals surface area contributed by atoms with Gasteiger partial charge in [0.05, 0.1) is 12.3 Å². The van der Waals surface area contributed by atoms with Crippen molar-refractivity contribution in [2.75, 3.05) is 0 Å². The summed E-state index contributed by atoms with van der Waals surface area (Å²) in [6.07, 6.45) is 2.26. The number of carbonyl (C=O) groups is 1. The van der Waals surface area contributed by atoms with Gasteiger partial charge in [-0.05, 0) is 36.8 Å². The van der Waals surface area contributed by atoms with E-state index < -0.39 is 0 Å². The van der Waals surface area contributed by atoms with Crippen molar-refractivity contribution in [2.24, 2.45) is 5.10 Å². The lowest BCUT2D eigenvalue weighted by Crippen LogP contribution is -2.27. The maximum Gasteiger partial charge on any atom is 0.274 e. The fourth-order valence-electron chi connectivity index (χ4n) is 3.05. The molecule has 25 heavy (non-hydrogen) atoms. The Labute approximate surface area is 146 Å². The van der Waals surface area contributed by atoms with Gasteiger partial charge in [-0.15, -0.1) is 0 Å². The number of hydrogen-bond acceptors (Lipinski definition) is 3. The Hall–Kier alpha value is -3.14. The van der Waals surface area contributed by atoms with Gasteiger partial charge in [0.25, 0.3) is 5.91 Å². The molecule has 0 fully saturated rings. The Morgan fingerprint density at radius 2 is 1.80 bits per heavy atom. The fourth-order valence-corrected chi connectivity index (χ4v) is 3.05. The van der Waals surface area contributed by atoms with Gasteiger partial charge in [0.2, 0.25) is 0 Å². The molecule has 1 amide bonds. The van der Waals surface area contributed by atoms with Crippen LogP contribution in [-0.4, -0.2) is 16.6 Å². The minimum absolute atomic E-state index is 0.101. The van der Waals surface area contributed by atoms with Crippen LogP contribution in [0.1, 0.15) is 39.7 Å². The Morgan fingerprint density at radius 3 is 2.48 bits per heavy atom. The number of amides is 1. The summed E-state index contributed by atoms with van der Waals surface area (Å²) in [7, 11) is 0. The summed E-state index contributed by atoms with van der Waals surface area (Å²) in [4.78, 5) is 13.0. The number of benzene rings is 2. The number of hydrazone groups is 1. The monoisotopic (exact) mass is 330 g/mol. The van der Waals surface area contributed by atoms with Crippen LogP contribution in [0.2, 0.25) is 0 Å². The summed E-state index contributed by atoms with van der Waals surface area (Å²) in [5.41, 5.74) is 3.61. The van der Waals surface area contributed by atoms with Gasteiger partial charge in [0.1, 0.15) is 11.5 Å². The van der Waals surface area contributed by atoms with Crippen LogP contribution in [0, 0.1) is 6.92 Å². The molecule has 0 saturated carbocycles. The van der Waals surface area contributed by atoms with Gasteiger partial charge in [-0.3, -0.25) is 4.79 Å². The number of nitrogens with zero attached hydrogens (tertiary/aromatic N) is 2. The zero-order chi connectivity index (χ0) is 17.2.